The van der Waals surface area contributed by atoms with Crippen LogP contribution in [0, 0.1) is 4.64 Å². The summed E-state index contributed by atoms with van der Waals surface area (Å²) in [5, 5.41) is 2.45. The van der Waals surface area contributed by atoms with Crippen molar-refractivity contribution >= 4 is 23.0 Å². The molecule has 0 radical (unpaired) electrons. The molecule has 17 heavy (non-hydrogen) atoms. The second-order valence-electron chi connectivity index (χ2n) is 3.87. The standard InChI is InChI=1S/C14H10N2S/c17-14-9-15-8-13(16-14)12-6-5-10-3-1-2-4-11(10)7-12/h1-9H,(H,16,17). The molecule has 2 aromatic carbocycles. The highest BCUT2D eigenvalue weighted by Crippen LogP contribution is 2.22. The number of nitrogens with one attached hydrogen (secondary N) is 1. The van der Waals surface area contributed by atoms with Crippen molar-refractivity contribution < 1.29 is 0 Å². The molecule has 1 N–H and O–H groups in total. The molecule has 0 fully saturated rings. The first-order valence-corrected chi connectivity index (χ1v) is 5.77. The molecule has 3 heteroatoms. The molecule has 0 aliphatic carbocycles. The molecule has 0 bridgehead atoms. The molecule has 0 saturated carbocycles. The Morgan fingerprint density at radius 1 is 0.941 bits per heavy atom. The van der Waals surface area contributed by atoms with E-state index >= 15 is 0 Å². The fraction of sp³-hybridized carbons (Fsp3) is 0. The van der Waals surface area contributed by atoms with Crippen LogP contribution in [-0.2, 0) is 0 Å². The zero-order chi connectivity index (χ0) is 11.7. The third-order valence-electron chi connectivity index (χ3n) is 2.71. The minimum absolute atomic E-state index is 0.649. The van der Waals surface area contributed by atoms with Gasteiger partial charge in [0.1, 0.15) is 4.64 Å². The number of hydrogen-bond donors (Lipinski definition) is 1. The highest BCUT2D eigenvalue weighted by Gasteiger charge is 1.99. The minimum Gasteiger partial charge on any atom is -0.344 e. The van der Waals surface area contributed by atoms with E-state index in [-0.39, 0.29) is 0 Å². The topological polar surface area (TPSA) is 28.7 Å². The van der Waals surface area contributed by atoms with Crippen LogP contribution in [-0.4, -0.2) is 9.97 Å². The van der Waals surface area contributed by atoms with E-state index in [0.29, 0.717) is 4.64 Å². The molecule has 1 heterocycles. The minimum atomic E-state index is 0.649. The van der Waals surface area contributed by atoms with Crippen molar-refractivity contribution in [2.24, 2.45) is 0 Å². The van der Waals surface area contributed by atoms with Gasteiger partial charge in [-0.3, -0.25) is 4.98 Å². The number of H-pyrrole nitrogens is 1. The van der Waals surface area contributed by atoms with E-state index in [9.17, 15) is 0 Å². The van der Waals surface area contributed by atoms with Crippen LogP contribution in [0.4, 0.5) is 0 Å². The van der Waals surface area contributed by atoms with Gasteiger partial charge in [-0.25, -0.2) is 0 Å². The number of aromatic nitrogens is 2. The third kappa shape index (κ3) is 1.97. The molecule has 2 nitrogen and oxygen atoms in total. The molecule has 1 aromatic heterocycles. The second kappa shape index (κ2) is 4.11. The van der Waals surface area contributed by atoms with Gasteiger partial charge < -0.3 is 4.98 Å². The predicted octanol–water partition coefficient (Wildman–Crippen LogP) is 3.96. The summed E-state index contributed by atoms with van der Waals surface area (Å²) in [4.78, 5) is 7.25. The summed E-state index contributed by atoms with van der Waals surface area (Å²) in [7, 11) is 0. The molecular weight excluding hydrogens is 228 g/mol. The first-order valence-electron chi connectivity index (χ1n) is 5.36. The highest BCUT2D eigenvalue weighted by molar-refractivity contribution is 7.71. The first-order chi connectivity index (χ1) is 8.33. The fourth-order valence-corrected chi connectivity index (χ4v) is 2.05. The van der Waals surface area contributed by atoms with E-state index in [1.54, 1.807) is 12.4 Å². The fourth-order valence-electron chi connectivity index (χ4n) is 1.88. The van der Waals surface area contributed by atoms with Gasteiger partial charge in [-0.05, 0) is 16.8 Å². The Morgan fingerprint density at radius 3 is 2.59 bits per heavy atom. The maximum absolute atomic E-state index is 5.08. The van der Waals surface area contributed by atoms with Gasteiger partial charge in [0.2, 0.25) is 0 Å². The van der Waals surface area contributed by atoms with Gasteiger partial charge in [0, 0.05) is 5.56 Å². The Bertz CT molecular complexity index is 731. The number of aromatic amines is 1. The summed E-state index contributed by atoms with van der Waals surface area (Å²) in [6, 6.07) is 14.6. The Kier molecular flexibility index (Phi) is 2.46. The molecule has 0 spiro atoms. The maximum atomic E-state index is 5.08. The molecule has 0 saturated heterocycles. The lowest BCUT2D eigenvalue weighted by Crippen LogP contribution is -1.85. The monoisotopic (exact) mass is 238 g/mol. The van der Waals surface area contributed by atoms with Crippen LogP contribution in [0.1, 0.15) is 0 Å². The van der Waals surface area contributed by atoms with Gasteiger partial charge in [-0.15, -0.1) is 0 Å². The van der Waals surface area contributed by atoms with Crippen LogP contribution < -0.4 is 0 Å². The average molecular weight is 238 g/mol. The number of fused-ring (bicyclic) bond motifs is 1. The van der Waals surface area contributed by atoms with Crippen molar-refractivity contribution in [1.29, 1.82) is 0 Å². The van der Waals surface area contributed by atoms with Gasteiger partial charge in [-0.1, -0.05) is 48.6 Å². The predicted molar refractivity (Wildman–Crippen MR) is 72.4 cm³/mol. The Labute approximate surface area is 104 Å². The smallest absolute Gasteiger partial charge is 0.122 e. The van der Waals surface area contributed by atoms with E-state index in [2.05, 4.69) is 40.3 Å². The summed E-state index contributed by atoms with van der Waals surface area (Å²) in [5.74, 6) is 0. The summed E-state index contributed by atoms with van der Waals surface area (Å²) in [6.45, 7) is 0. The number of hydrogen-bond acceptors (Lipinski definition) is 2. The van der Waals surface area contributed by atoms with Crippen molar-refractivity contribution in [1.82, 2.24) is 9.97 Å². The average Bonchev–Trinajstić information content (AvgIpc) is 2.38. The summed E-state index contributed by atoms with van der Waals surface area (Å²) < 4.78 is 0.649. The van der Waals surface area contributed by atoms with Crippen molar-refractivity contribution in [3.8, 4) is 11.3 Å². The highest BCUT2D eigenvalue weighted by atomic mass is 32.1. The zero-order valence-electron chi connectivity index (χ0n) is 9.05. The molecule has 0 amide bonds. The molecule has 82 valence electrons. The molecular formula is C14H10N2S. The quantitative estimate of drug-likeness (QED) is 0.650. The van der Waals surface area contributed by atoms with E-state index in [0.717, 1.165) is 11.3 Å². The van der Waals surface area contributed by atoms with E-state index in [1.807, 2.05) is 12.1 Å². The lowest BCUT2D eigenvalue weighted by Gasteiger charge is -2.03. The Balaban J connectivity index is 2.21. The van der Waals surface area contributed by atoms with Gasteiger partial charge in [-0.2, -0.15) is 0 Å². The third-order valence-corrected chi connectivity index (χ3v) is 2.92. The van der Waals surface area contributed by atoms with E-state index < -0.39 is 0 Å². The zero-order valence-corrected chi connectivity index (χ0v) is 9.87. The number of benzene rings is 2. The molecule has 0 aliphatic heterocycles. The molecule has 0 atom stereocenters. The number of nitrogens with zero attached hydrogens (tertiary/aromatic N) is 1. The van der Waals surface area contributed by atoms with Crippen molar-refractivity contribution in [3.05, 3.63) is 59.5 Å². The van der Waals surface area contributed by atoms with Crippen LogP contribution in [0.15, 0.2) is 54.9 Å². The molecule has 3 aromatic rings. The number of rotatable bonds is 1. The normalized spacial score (nSPS) is 10.6. The first kappa shape index (κ1) is 10.2. The molecule has 0 aliphatic rings. The maximum Gasteiger partial charge on any atom is 0.122 e. The van der Waals surface area contributed by atoms with E-state index in [1.165, 1.54) is 10.8 Å². The SMILES string of the molecule is S=c1cncc(-c2ccc3ccccc3c2)[nH]1. The van der Waals surface area contributed by atoms with Crippen LogP contribution in [0.3, 0.4) is 0 Å². The lowest BCUT2D eigenvalue weighted by atomic mass is 10.1. The van der Waals surface area contributed by atoms with Crippen molar-refractivity contribution in [2.75, 3.05) is 0 Å². The van der Waals surface area contributed by atoms with Crippen molar-refractivity contribution in [3.63, 3.8) is 0 Å². The lowest BCUT2D eigenvalue weighted by molar-refractivity contribution is 1.19. The summed E-state index contributed by atoms with van der Waals surface area (Å²) in [5.41, 5.74) is 2.05. The summed E-state index contributed by atoms with van der Waals surface area (Å²) >= 11 is 5.08. The van der Waals surface area contributed by atoms with Crippen LogP contribution in [0.5, 0.6) is 0 Å². The van der Waals surface area contributed by atoms with E-state index in [4.69, 9.17) is 12.2 Å². The Morgan fingerprint density at radius 2 is 1.76 bits per heavy atom. The largest absolute Gasteiger partial charge is 0.344 e. The van der Waals surface area contributed by atoms with Crippen LogP contribution in [0.25, 0.3) is 22.0 Å². The van der Waals surface area contributed by atoms with Gasteiger partial charge in [0.15, 0.2) is 0 Å². The molecule has 3 rings (SSSR count). The second-order valence-corrected chi connectivity index (χ2v) is 4.31. The van der Waals surface area contributed by atoms with Crippen LogP contribution in [0.2, 0.25) is 0 Å². The molecule has 0 unspecified atom stereocenters. The van der Waals surface area contributed by atoms with Crippen LogP contribution >= 0.6 is 12.2 Å². The van der Waals surface area contributed by atoms with Gasteiger partial charge in [0.05, 0.1) is 18.1 Å². The Hall–Kier alpha value is -2.00. The van der Waals surface area contributed by atoms with Gasteiger partial charge in [0.25, 0.3) is 0 Å². The summed E-state index contributed by atoms with van der Waals surface area (Å²) in [6.07, 6.45) is 3.43. The van der Waals surface area contributed by atoms with Gasteiger partial charge >= 0.3 is 0 Å². The van der Waals surface area contributed by atoms with Crippen molar-refractivity contribution in [2.45, 2.75) is 0 Å².